The maximum Gasteiger partial charge on any atom is 0.337 e. The van der Waals surface area contributed by atoms with Crippen molar-refractivity contribution in [3.63, 3.8) is 0 Å². The van der Waals surface area contributed by atoms with Crippen molar-refractivity contribution in [2.75, 3.05) is 5.32 Å². The number of anilines is 1. The molecule has 2 rings (SSSR count). The zero-order valence-corrected chi connectivity index (χ0v) is 12.0. The summed E-state index contributed by atoms with van der Waals surface area (Å²) in [6, 6.07) is 4.72. The summed E-state index contributed by atoms with van der Waals surface area (Å²) in [7, 11) is 0. The molecule has 0 radical (unpaired) electrons. The summed E-state index contributed by atoms with van der Waals surface area (Å²) >= 11 is 2.00. The number of aromatic nitrogens is 1. The summed E-state index contributed by atoms with van der Waals surface area (Å²) in [5, 5.41) is 11.6. The van der Waals surface area contributed by atoms with E-state index in [9.17, 15) is 9.59 Å². The van der Waals surface area contributed by atoms with Crippen molar-refractivity contribution < 1.29 is 19.1 Å². The molecule has 0 fully saturated rings. The third-order valence-electron chi connectivity index (χ3n) is 2.41. The van der Waals surface area contributed by atoms with Gasteiger partial charge >= 0.3 is 5.97 Å². The summed E-state index contributed by atoms with van der Waals surface area (Å²) in [5.41, 5.74) is 0.686. The summed E-state index contributed by atoms with van der Waals surface area (Å²) in [6.45, 7) is 1.63. The molecule has 0 spiro atoms. The number of hydrogen-bond acceptors (Lipinski definition) is 4. The average molecular weight is 372 g/mol. The predicted octanol–water partition coefficient (Wildman–Crippen LogP) is 2.54. The van der Waals surface area contributed by atoms with Gasteiger partial charge in [-0.25, -0.2) is 9.78 Å². The highest BCUT2D eigenvalue weighted by molar-refractivity contribution is 14.1. The Morgan fingerprint density at radius 2 is 2.16 bits per heavy atom. The Hall–Kier alpha value is -1.90. The largest absolute Gasteiger partial charge is 0.478 e. The van der Waals surface area contributed by atoms with Crippen LogP contribution in [0, 0.1) is 10.5 Å². The minimum atomic E-state index is -1.11. The Balaban J connectivity index is 2.32. The molecule has 2 N–H and O–H groups in total. The zero-order valence-electron chi connectivity index (χ0n) is 9.81. The number of nitrogens with zero attached hydrogens (tertiary/aromatic N) is 1. The highest BCUT2D eigenvalue weighted by atomic mass is 127. The number of carboxylic acids is 1. The van der Waals surface area contributed by atoms with Gasteiger partial charge in [0.2, 0.25) is 5.76 Å². The Morgan fingerprint density at radius 1 is 1.42 bits per heavy atom. The van der Waals surface area contributed by atoms with E-state index >= 15 is 0 Å². The molecule has 0 unspecified atom stereocenters. The monoisotopic (exact) mass is 372 g/mol. The fourth-order valence-electron chi connectivity index (χ4n) is 1.50. The summed E-state index contributed by atoms with van der Waals surface area (Å²) in [6.07, 6.45) is 1.16. The second-order valence-corrected chi connectivity index (χ2v) is 4.96. The standard InChI is InChI=1S/C12H9IN2O4/c1-6-10(19-5-14-6)11(16)15-9-3-2-7(13)4-8(9)12(17)18/h2-5H,1H3,(H,15,16)(H,17,18). The van der Waals surface area contributed by atoms with Crippen LogP contribution in [-0.4, -0.2) is 22.0 Å². The Kier molecular flexibility index (Phi) is 3.84. The van der Waals surface area contributed by atoms with E-state index in [2.05, 4.69) is 10.3 Å². The molecule has 19 heavy (non-hydrogen) atoms. The van der Waals surface area contributed by atoms with Gasteiger partial charge in [0.15, 0.2) is 6.39 Å². The number of aromatic carboxylic acids is 1. The highest BCUT2D eigenvalue weighted by Crippen LogP contribution is 2.20. The van der Waals surface area contributed by atoms with Crippen molar-refractivity contribution in [2.24, 2.45) is 0 Å². The van der Waals surface area contributed by atoms with Gasteiger partial charge in [-0.15, -0.1) is 0 Å². The van der Waals surface area contributed by atoms with Crippen LogP contribution in [0.1, 0.15) is 26.6 Å². The van der Waals surface area contributed by atoms with Crippen LogP contribution in [0.3, 0.4) is 0 Å². The fourth-order valence-corrected chi connectivity index (χ4v) is 1.99. The molecular formula is C12H9IN2O4. The number of halogens is 1. The van der Waals surface area contributed by atoms with E-state index < -0.39 is 11.9 Å². The van der Waals surface area contributed by atoms with Gasteiger partial charge in [-0.1, -0.05) is 0 Å². The lowest BCUT2D eigenvalue weighted by Gasteiger charge is -2.07. The molecule has 98 valence electrons. The second kappa shape index (κ2) is 5.39. The highest BCUT2D eigenvalue weighted by Gasteiger charge is 2.17. The lowest BCUT2D eigenvalue weighted by atomic mass is 10.1. The number of carbonyl (C=O) groups is 2. The van der Waals surface area contributed by atoms with Gasteiger partial charge in [-0.2, -0.15) is 0 Å². The normalized spacial score (nSPS) is 10.2. The number of nitrogens with one attached hydrogen (secondary N) is 1. The number of carboxylic acid groups (broad SMARTS) is 1. The zero-order chi connectivity index (χ0) is 14.0. The van der Waals surface area contributed by atoms with Crippen molar-refractivity contribution in [3.05, 3.63) is 45.2 Å². The van der Waals surface area contributed by atoms with Gasteiger partial charge in [-0.3, -0.25) is 4.79 Å². The number of rotatable bonds is 3. The quantitative estimate of drug-likeness (QED) is 0.808. The maximum absolute atomic E-state index is 11.9. The SMILES string of the molecule is Cc1ncoc1C(=O)Nc1ccc(I)cc1C(=O)O. The first-order valence-corrected chi connectivity index (χ1v) is 6.31. The molecule has 0 bridgehead atoms. The number of aryl methyl sites for hydroxylation is 1. The summed E-state index contributed by atoms with van der Waals surface area (Å²) < 4.78 is 5.72. The van der Waals surface area contributed by atoms with Crippen molar-refractivity contribution in [1.82, 2.24) is 4.98 Å². The topological polar surface area (TPSA) is 92.4 Å². The van der Waals surface area contributed by atoms with Crippen LogP contribution >= 0.6 is 22.6 Å². The van der Waals surface area contributed by atoms with Crippen molar-refractivity contribution >= 4 is 40.2 Å². The lowest BCUT2D eigenvalue weighted by Crippen LogP contribution is -2.15. The Morgan fingerprint density at radius 3 is 2.74 bits per heavy atom. The molecule has 0 aliphatic carbocycles. The average Bonchev–Trinajstić information content (AvgIpc) is 2.77. The number of amides is 1. The van der Waals surface area contributed by atoms with Gasteiger partial charge in [0.1, 0.15) is 0 Å². The van der Waals surface area contributed by atoms with Gasteiger partial charge in [-0.05, 0) is 47.7 Å². The number of benzene rings is 1. The van der Waals surface area contributed by atoms with E-state index in [-0.39, 0.29) is 17.0 Å². The van der Waals surface area contributed by atoms with E-state index in [0.29, 0.717) is 5.69 Å². The maximum atomic E-state index is 11.9. The first-order valence-electron chi connectivity index (χ1n) is 5.23. The number of oxazole rings is 1. The van der Waals surface area contributed by atoms with Crippen LogP contribution in [0.4, 0.5) is 5.69 Å². The number of hydrogen-bond donors (Lipinski definition) is 2. The first kappa shape index (κ1) is 13.5. The van der Waals surface area contributed by atoms with Gasteiger partial charge in [0, 0.05) is 3.57 Å². The van der Waals surface area contributed by atoms with Crippen LogP contribution in [0.25, 0.3) is 0 Å². The molecule has 1 aromatic carbocycles. The van der Waals surface area contributed by atoms with E-state index in [4.69, 9.17) is 9.52 Å². The Bertz CT molecular complexity index is 651. The molecule has 0 saturated heterocycles. The minimum Gasteiger partial charge on any atom is -0.478 e. The molecule has 1 aromatic heterocycles. The molecule has 0 saturated carbocycles. The molecule has 0 atom stereocenters. The number of carbonyl (C=O) groups excluding carboxylic acids is 1. The predicted molar refractivity (Wildman–Crippen MR) is 75.3 cm³/mol. The molecule has 1 heterocycles. The van der Waals surface area contributed by atoms with Gasteiger partial charge in [0.05, 0.1) is 16.9 Å². The van der Waals surface area contributed by atoms with Crippen LogP contribution in [-0.2, 0) is 0 Å². The van der Waals surface area contributed by atoms with Crippen LogP contribution < -0.4 is 5.32 Å². The summed E-state index contributed by atoms with van der Waals surface area (Å²) in [4.78, 5) is 26.8. The second-order valence-electron chi connectivity index (χ2n) is 3.72. The molecule has 7 heteroatoms. The molecule has 0 aliphatic rings. The van der Waals surface area contributed by atoms with E-state index in [1.54, 1.807) is 13.0 Å². The molecular weight excluding hydrogens is 363 g/mol. The van der Waals surface area contributed by atoms with Gasteiger partial charge < -0.3 is 14.8 Å². The lowest BCUT2D eigenvalue weighted by molar-refractivity contribution is 0.0698. The third kappa shape index (κ3) is 2.92. The minimum absolute atomic E-state index is 0.0254. The van der Waals surface area contributed by atoms with E-state index in [0.717, 1.165) is 9.96 Å². The smallest absolute Gasteiger partial charge is 0.337 e. The fraction of sp³-hybridized carbons (Fsp3) is 0.0833. The molecule has 2 aromatic rings. The Labute approximate surface area is 122 Å². The van der Waals surface area contributed by atoms with E-state index in [1.807, 2.05) is 22.6 Å². The molecule has 6 nitrogen and oxygen atoms in total. The van der Waals surface area contributed by atoms with Crippen molar-refractivity contribution in [2.45, 2.75) is 6.92 Å². The first-order chi connectivity index (χ1) is 8.99. The van der Waals surface area contributed by atoms with Crippen molar-refractivity contribution in [3.8, 4) is 0 Å². The van der Waals surface area contributed by atoms with Crippen LogP contribution in [0.2, 0.25) is 0 Å². The van der Waals surface area contributed by atoms with Crippen molar-refractivity contribution in [1.29, 1.82) is 0 Å². The summed E-state index contributed by atoms with van der Waals surface area (Å²) in [5.74, 6) is -1.57. The molecule has 1 amide bonds. The van der Waals surface area contributed by atoms with Gasteiger partial charge in [0.25, 0.3) is 5.91 Å². The van der Waals surface area contributed by atoms with E-state index in [1.165, 1.54) is 12.1 Å². The molecule has 0 aliphatic heterocycles. The van der Waals surface area contributed by atoms with Crippen LogP contribution in [0.5, 0.6) is 0 Å². The third-order valence-corrected chi connectivity index (χ3v) is 3.08. The van der Waals surface area contributed by atoms with Crippen LogP contribution in [0.15, 0.2) is 29.0 Å².